The van der Waals surface area contributed by atoms with Gasteiger partial charge in [-0.3, -0.25) is 0 Å². The molecule has 150 valence electrons. The van der Waals surface area contributed by atoms with Crippen molar-refractivity contribution in [2.75, 3.05) is 42.5 Å². The average Bonchev–Trinajstić information content (AvgIpc) is 3.50. The zero-order valence-corrected chi connectivity index (χ0v) is 15.8. The highest BCUT2D eigenvalue weighted by Gasteiger charge is 2.50. The lowest BCUT2D eigenvalue weighted by Gasteiger charge is -2.36. The first-order valence-electron chi connectivity index (χ1n) is 9.75. The lowest BCUT2D eigenvalue weighted by Crippen LogP contribution is -2.46. The molecule has 0 radical (unpaired) electrons. The molecule has 2 aliphatic rings. The van der Waals surface area contributed by atoms with Crippen molar-refractivity contribution in [3.05, 3.63) is 54.0 Å². The van der Waals surface area contributed by atoms with Gasteiger partial charge in [0.25, 0.3) is 0 Å². The molecule has 1 aromatic carbocycles. The number of pyridine rings is 1. The summed E-state index contributed by atoms with van der Waals surface area (Å²) >= 11 is 0. The van der Waals surface area contributed by atoms with Crippen LogP contribution >= 0.6 is 0 Å². The van der Waals surface area contributed by atoms with Crippen LogP contribution in [-0.4, -0.2) is 44.1 Å². The van der Waals surface area contributed by atoms with E-state index in [9.17, 15) is 13.2 Å². The summed E-state index contributed by atoms with van der Waals surface area (Å²) in [6, 6.07) is 10.5. The Morgan fingerprint density at radius 3 is 2.32 bits per heavy atom. The fraction of sp³-hybridized carbons (Fsp3) is 0.476. The molecule has 2 heterocycles. The van der Waals surface area contributed by atoms with Crippen LogP contribution in [0.25, 0.3) is 0 Å². The Morgan fingerprint density at radius 1 is 1.00 bits per heavy atom. The minimum Gasteiger partial charge on any atom is -0.368 e. The number of alkyl halides is 2. The van der Waals surface area contributed by atoms with Crippen LogP contribution in [0.15, 0.2) is 42.6 Å². The van der Waals surface area contributed by atoms with E-state index in [1.807, 2.05) is 24.3 Å². The zero-order valence-electron chi connectivity index (χ0n) is 15.8. The standard InChI is InChI=1S/C21H25F3N4/c22-17-1-3-18(4-2-17)27-9-11-28(12-10-27)19-13-16(5-8-26-19)14-25-15-21(6-7-21)20(23)24/h1-5,8,13,20,25H,6-7,9-12,14-15H2. The lowest BCUT2D eigenvalue weighted by molar-refractivity contribution is 0.0611. The maximum Gasteiger partial charge on any atom is 0.245 e. The SMILES string of the molecule is Fc1ccc(N2CCN(c3cc(CNCC4(C(F)F)CC4)ccn3)CC2)cc1. The van der Waals surface area contributed by atoms with Gasteiger partial charge in [0.15, 0.2) is 0 Å². The molecule has 0 amide bonds. The summed E-state index contributed by atoms with van der Waals surface area (Å²) in [4.78, 5) is 8.94. The summed E-state index contributed by atoms with van der Waals surface area (Å²) in [6.07, 6.45) is 0.749. The second-order valence-corrected chi connectivity index (χ2v) is 7.74. The van der Waals surface area contributed by atoms with Crippen LogP contribution in [0.2, 0.25) is 0 Å². The topological polar surface area (TPSA) is 31.4 Å². The first kappa shape index (κ1) is 19.1. The normalized spacial score (nSPS) is 18.6. The van der Waals surface area contributed by atoms with Crippen molar-refractivity contribution < 1.29 is 13.2 Å². The Bertz CT molecular complexity index is 784. The highest BCUT2D eigenvalue weighted by atomic mass is 19.3. The van der Waals surface area contributed by atoms with Gasteiger partial charge in [-0.05, 0) is 54.8 Å². The molecule has 28 heavy (non-hydrogen) atoms. The molecule has 4 nitrogen and oxygen atoms in total. The Kier molecular flexibility index (Phi) is 5.44. The molecule has 4 rings (SSSR count). The first-order chi connectivity index (χ1) is 13.6. The molecule has 1 saturated heterocycles. The van der Waals surface area contributed by atoms with E-state index in [-0.39, 0.29) is 5.82 Å². The molecule has 0 spiro atoms. The van der Waals surface area contributed by atoms with Gasteiger partial charge in [-0.2, -0.15) is 0 Å². The van der Waals surface area contributed by atoms with Gasteiger partial charge in [-0.15, -0.1) is 0 Å². The second kappa shape index (κ2) is 7.99. The van der Waals surface area contributed by atoms with Crippen molar-refractivity contribution in [1.29, 1.82) is 0 Å². The molecule has 2 fully saturated rings. The fourth-order valence-electron chi connectivity index (χ4n) is 3.68. The van der Waals surface area contributed by atoms with E-state index in [4.69, 9.17) is 0 Å². The van der Waals surface area contributed by atoms with Gasteiger partial charge < -0.3 is 15.1 Å². The van der Waals surface area contributed by atoms with Crippen molar-refractivity contribution in [2.45, 2.75) is 25.8 Å². The van der Waals surface area contributed by atoms with Crippen molar-refractivity contribution >= 4 is 11.5 Å². The molecule has 0 unspecified atom stereocenters. The van der Waals surface area contributed by atoms with Crippen LogP contribution in [-0.2, 0) is 6.54 Å². The molecule has 0 atom stereocenters. The van der Waals surface area contributed by atoms with Gasteiger partial charge in [-0.1, -0.05) is 0 Å². The van der Waals surface area contributed by atoms with Crippen molar-refractivity contribution in [1.82, 2.24) is 10.3 Å². The monoisotopic (exact) mass is 390 g/mol. The minimum absolute atomic E-state index is 0.224. The Hall–Kier alpha value is -2.28. The average molecular weight is 390 g/mol. The molecular formula is C21H25F3N4. The van der Waals surface area contributed by atoms with Gasteiger partial charge >= 0.3 is 0 Å². The molecule has 2 aromatic rings. The number of piperazine rings is 1. The Balaban J connectivity index is 1.30. The number of nitrogens with one attached hydrogen (secondary N) is 1. The molecule has 1 aromatic heterocycles. The third-order valence-electron chi connectivity index (χ3n) is 5.77. The van der Waals surface area contributed by atoms with Gasteiger partial charge in [0.05, 0.1) is 0 Å². The van der Waals surface area contributed by atoms with Gasteiger partial charge in [0.1, 0.15) is 11.6 Å². The third kappa shape index (κ3) is 4.24. The quantitative estimate of drug-likeness (QED) is 0.782. The molecule has 1 saturated carbocycles. The molecule has 1 aliphatic heterocycles. The summed E-state index contributed by atoms with van der Waals surface area (Å²) in [5, 5.41) is 3.18. The molecule has 1 aliphatic carbocycles. The third-order valence-corrected chi connectivity index (χ3v) is 5.77. The Labute approximate surface area is 163 Å². The molecule has 0 bridgehead atoms. The van der Waals surface area contributed by atoms with Gasteiger partial charge in [-0.25, -0.2) is 18.2 Å². The maximum absolute atomic E-state index is 13.1. The number of rotatable bonds is 7. The smallest absolute Gasteiger partial charge is 0.245 e. The number of hydrogen-bond acceptors (Lipinski definition) is 4. The second-order valence-electron chi connectivity index (χ2n) is 7.74. The van der Waals surface area contributed by atoms with Crippen molar-refractivity contribution in [3.63, 3.8) is 0 Å². The number of anilines is 2. The molecular weight excluding hydrogens is 365 g/mol. The van der Waals surface area contributed by atoms with E-state index >= 15 is 0 Å². The van der Waals surface area contributed by atoms with Crippen LogP contribution in [0.4, 0.5) is 24.7 Å². The van der Waals surface area contributed by atoms with Crippen LogP contribution < -0.4 is 15.1 Å². The lowest BCUT2D eigenvalue weighted by atomic mass is 10.1. The van der Waals surface area contributed by atoms with E-state index in [0.717, 1.165) is 43.2 Å². The molecule has 1 N–H and O–H groups in total. The molecule has 7 heteroatoms. The highest BCUT2D eigenvalue weighted by molar-refractivity contribution is 5.49. The van der Waals surface area contributed by atoms with Crippen LogP contribution in [0.3, 0.4) is 0 Å². The van der Waals surface area contributed by atoms with E-state index in [1.165, 1.54) is 12.1 Å². The minimum atomic E-state index is -2.24. The van der Waals surface area contributed by atoms with Crippen LogP contribution in [0.1, 0.15) is 18.4 Å². The summed E-state index contributed by atoms with van der Waals surface area (Å²) in [6.45, 7) is 4.27. The van der Waals surface area contributed by atoms with Crippen molar-refractivity contribution in [2.24, 2.45) is 5.41 Å². The largest absolute Gasteiger partial charge is 0.368 e. The highest BCUT2D eigenvalue weighted by Crippen LogP contribution is 2.50. The van der Waals surface area contributed by atoms with Crippen molar-refractivity contribution in [3.8, 4) is 0 Å². The Morgan fingerprint density at radius 2 is 1.68 bits per heavy atom. The zero-order chi connectivity index (χ0) is 19.6. The van der Waals surface area contributed by atoms with Crippen LogP contribution in [0.5, 0.6) is 0 Å². The van der Waals surface area contributed by atoms with E-state index in [0.29, 0.717) is 25.9 Å². The summed E-state index contributed by atoms with van der Waals surface area (Å²) < 4.78 is 39.1. The van der Waals surface area contributed by atoms with E-state index in [2.05, 4.69) is 20.1 Å². The first-order valence-corrected chi connectivity index (χ1v) is 9.75. The number of benzene rings is 1. The summed E-state index contributed by atoms with van der Waals surface area (Å²) in [5.74, 6) is 0.686. The van der Waals surface area contributed by atoms with Gasteiger partial charge in [0.2, 0.25) is 6.43 Å². The summed E-state index contributed by atoms with van der Waals surface area (Å²) in [7, 11) is 0. The number of halogens is 3. The number of aromatic nitrogens is 1. The number of hydrogen-bond donors (Lipinski definition) is 1. The maximum atomic E-state index is 13.1. The van der Waals surface area contributed by atoms with E-state index < -0.39 is 11.8 Å². The predicted molar refractivity (Wildman–Crippen MR) is 104 cm³/mol. The fourth-order valence-corrected chi connectivity index (χ4v) is 3.68. The van der Waals surface area contributed by atoms with E-state index in [1.54, 1.807) is 6.20 Å². The predicted octanol–water partition coefficient (Wildman–Crippen LogP) is 3.68. The summed E-state index contributed by atoms with van der Waals surface area (Å²) in [5.41, 5.74) is 1.28. The van der Waals surface area contributed by atoms with Gasteiger partial charge in [0, 0.05) is 56.6 Å². The number of nitrogens with zero attached hydrogens (tertiary/aromatic N) is 3. The van der Waals surface area contributed by atoms with Crippen LogP contribution in [0, 0.1) is 11.2 Å².